The lowest BCUT2D eigenvalue weighted by Gasteiger charge is -2.40. The largest absolute Gasteiger partial charge is 0.338 e. The second-order valence-corrected chi connectivity index (χ2v) is 8.71. The van der Waals surface area contributed by atoms with Gasteiger partial charge in [-0.2, -0.15) is 0 Å². The van der Waals surface area contributed by atoms with Crippen LogP contribution in [-0.2, 0) is 6.42 Å². The van der Waals surface area contributed by atoms with Gasteiger partial charge in [-0.25, -0.2) is 4.39 Å². The number of nitrogens with zero attached hydrogens (tertiary/aromatic N) is 3. The third-order valence-electron chi connectivity index (χ3n) is 5.30. The number of carbonyl (C=O) groups is 1. The first-order valence-electron chi connectivity index (χ1n) is 9.54. The van der Waals surface area contributed by atoms with Crippen molar-refractivity contribution >= 4 is 34.6 Å². The molecule has 0 bridgehead atoms. The van der Waals surface area contributed by atoms with E-state index in [4.69, 9.17) is 23.2 Å². The first kappa shape index (κ1) is 20.9. The summed E-state index contributed by atoms with van der Waals surface area (Å²) in [6.45, 7) is 2.14. The Morgan fingerprint density at radius 1 is 1.27 bits per heavy atom. The maximum atomic E-state index is 14.4. The monoisotopic (exact) mass is 450 g/mol. The average Bonchev–Trinajstić information content (AvgIpc) is 2.97. The van der Waals surface area contributed by atoms with Crippen molar-refractivity contribution in [2.75, 3.05) is 33.7 Å². The van der Waals surface area contributed by atoms with E-state index >= 15 is 0 Å². The zero-order valence-corrected chi connectivity index (χ0v) is 18.1. The minimum atomic E-state index is -0.548. The van der Waals surface area contributed by atoms with E-state index in [0.717, 1.165) is 12.1 Å². The average molecular weight is 451 g/mol. The normalized spacial score (nSPS) is 14.5. The maximum Gasteiger partial charge on any atom is 0.272 e. The van der Waals surface area contributed by atoms with Gasteiger partial charge < -0.3 is 14.8 Å². The quantitative estimate of drug-likeness (QED) is 0.648. The highest BCUT2D eigenvalue weighted by molar-refractivity contribution is 6.42. The third-order valence-corrected chi connectivity index (χ3v) is 6.06. The molecule has 1 aromatic carbocycles. The number of carbonyl (C=O) groups excluding carboxylic acids is 1. The number of aromatic nitrogens is 2. The Balaban J connectivity index is 1.59. The van der Waals surface area contributed by atoms with E-state index in [-0.39, 0.29) is 27.2 Å². The van der Waals surface area contributed by atoms with Crippen molar-refractivity contribution in [2.45, 2.75) is 6.42 Å². The minimum Gasteiger partial charge on any atom is -0.338 e. The van der Waals surface area contributed by atoms with Crippen LogP contribution in [0.2, 0.25) is 10.2 Å². The van der Waals surface area contributed by atoms with Gasteiger partial charge in [0, 0.05) is 43.9 Å². The Morgan fingerprint density at radius 2 is 2.00 bits per heavy atom. The van der Waals surface area contributed by atoms with Crippen LogP contribution in [0.4, 0.5) is 4.39 Å². The van der Waals surface area contributed by atoms with E-state index in [0.29, 0.717) is 36.6 Å². The van der Waals surface area contributed by atoms with Gasteiger partial charge in [0.05, 0.1) is 10.6 Å². The number of halogens is 3. The van der Waals surface area contributed by atoms with Crippen LogP contribution in [0.1, 0.15) is 21.6 Å². The van der Waals surface area contributed by atoms with E-state index in [1.54, 1.807) is 27.6 Å². The summed E-state index contributed by atoms with van der Waals surface area (Å²) in [6, 6.07) is 5.98. The lowest BCUT2D eigenvalue weighted by atomic mass is 9.97. The second kappa shape index (κ2) is 8.06. The van der Waals surface area contributed by atoms with Crippen LogP contribution in [0.5, 0.6) is 0 Å². The fourth-order valence-electron chi connectivity index (χ4n) is 3.92. The van der Waals surface area contributed by atoms with Gasteiger partial charge in [-0.1, -0.05) is 29.3 Å². The SMILES string of the molecule is CN(C)CC1CN(C(=O)c2cc(Cc3c[nH]c(=O)c4cc(Cl)c(Cl)n34)ccc2F)C1. The summed E-state index contributed by atoms with van der Waals surface area (Å²) in [6.07, 6.45) is 1.88. The van der Waals surface area contributed by atoms with E-state index in [1.807, 2.05) is 14.1 Å². The molecule has 4 rings (SSSR count). The fourth-order valence-corrected chi connectivity index (χ4v) is 4.36. The number of rotatable bonds is 5. The van der Waals surface area contributed by atoms with E-state index in [2.05, 4.69) is 9.88 Å². The lowest BCUT2D eigenvalue weighted by molar-refractivity contribution is 0.0445. The molecular weight excluding hydrogens is 430 g/mol. The van der Waals surface area contributed by atoms with Crippen LogP contribution >= 0.6 is 23.2 Å². The molecule has 1 fully saturated rings. The second-order valence-electron chi connectivity index (χ2n) is 7.94. The molecule has 158 valence electrons. The molecule has 0 aliphatic carbocycles. The Labute approximate surface area is 182 Å². The van der Waals surface area contributed by atoms with Crippen molar-refractivity contribution in [2.24, 2.45) is 5.92 Å². The summed E-state index contributed by atoms with van der Waals surface area (Å²) < 4.78 is 16.0. The highest BCUT2D eigenvalue weighted by Crippen LogP contribution is 2.27. The molecule has 2 aromatic heterocycles. The predicted molar refractivity (Wildman–Crippen MR) is 115 cm³/mol. The van der Waals surface area contributed by atoms with E-state index in [9.17, 15) is 14.0 Å². The summed E-state index contributed by atoms with van der Waals surface area (Å²) in [5, 5.41) is 0.508. The Bertz CT molecular complexity index is 1180. The van der Waals surface area contributed by atoms with Crippen LogP contribution in [0.15, 0.2) is 35.3 Å². The molecular formula is C21H21Cl2FN4O2. The number of benzene rings is 1. The fraction of sp³-hybridized carbons (Fsp3) is 0.333. The molecule has 0 spiro atoms. The third kappa shape index (κ3) is 3.85. The number of fused-ring (bicyclic) bond motifs is 1. The molecule has 9 heteroatoms. The van der Waals surface area contributed by atoms with Crippen molar-refractivity contribution in [3.63, 3.8) is 0 Å². The smallest absolute Gasteiger partial charge is 0.272 e. The van der Waals surface area contributed by atoms with Gasteiger partial charge in [-0.3, -0.25) is 14.0 Å². The molecule has 0 atom stereocenters. The molecule has 0 radical (unpaired) electrons. The highest BCUT2D eigenvalue weighted by Gasteiger charge is 2.32. The van der Waals surface area contributed by atoms with Crippen molar-refractivity contribution in [3.05, 3.63) is 73.6 Å². The van der Waals surface area contributed by atoms with Crippen molar-refractivity contribution in [3.8, 4) is 0 Å². The molecule has 1 amide bonds. The molecule has 1 saturated heterocycles. The van der Waals surface area contributed by atoms with Crippen LogP contribution in [0, 0.1) is 11.7 Å². The molecule has 0 unspecified atom stereocenters. The topological polar surface area (TPSA) is 60.8 Å². The summed E-state index contributed by atoms with van der Waals surface area (Å²) >= 11 is 12.3. The van der Waals surface area contributed by atoms with Gasteiger partial charge in [-0.15, -0.1) is 0 Å². The Hall–Kier alpha value is -2.35. The molecule has 1 aliphatic rings. The molecule has 3 heterocycles. The number of likely N-dealkylation sites (tertiary alicyclic amines) is 1. The van der Waals surface area contributed by atoms with Gasteiger partial charge in [0.15, 0.2) is 0 Å². The summed E-state index contributed by atoms with van der Waals surface area (Å²) in [5.74, 6) is -0.447. The van der Waals surface area contributed by atoms with Gasteiger partial charge in [-0.05, 0) is 37.9 Å². The Morgan fingerprint density at radius 3 is 2.70 bits per heavy atom. The summed E-state index contributed by atoms with van der Waals surface area (Å²) in [7, 11) is 3.98. The molecule has 30 heavy (non-hydrogen) atoms. The van der Waals surface area contributed by atoms with E-state index < -0.39 is 5.82 Å². The minimum absolute atomic E-state index is 0.0492. The molecule has 0 saturated carbocycles. The van der Waals surface area contributed by atoms with Crippen LogP contribution in [0.25, 0.3) is 5.52 Å². The number of nitrogens with one attached hydrogen (secondary N) is 1. The molecule has 1 aliphatic heterocycles. The number of amides is 1. The number of hydrogen-bond donors (Lipinski definition) is 1. The highest BCUT2D eigenvalue weighted by atomic mass is 35.5. The Kier molecular flexibility index (Phi) is 5.61. The first-order valence-corrected chi connectivity index (χ1v) is 10.3. The number of aromatic amines is 1. The van der Waals surface area contributed by atoms with Crippen LogP contribution in [0.3, 0.4) is 0 Å². The first-order chi connectivity index (χ1) is 14.2. The van der Waals surface area contributed by atoms with Crippen LogP contribution < -0.4 is 5.56 Å². The zero-order valence-electron chi connectivity index (χ0n) is 16.6. The molecule has 3 aromatic rings. The van der Waals surface area contributed by atoms with Gasteiger partial charge in [0.1, 0.15) is 16.5 Å². The zero-order chi connectivity index (χ0) is 21.6. The van der Waals surface area contributed by atoms with Crippen LogP contribution in [-0.4, -0.2) is 58.8 Å². The predicted octanol–water partition coefficient (Wildman–Crippen LogP) is 3.30. The maximum absolute atomic E-state index is 14.4. The van der Waals surface area contributed by atoms with E-state index in [1.165, 1.54) is 12.1 Å². The molecule has 1 N–H and O–H groups in total. The lowest BCUT2D eigenvalue weighted by Crippen LogP contribution is -2.53. The standard InChI is InChI=1S/C21H21Cl2FN4O2/c1-26(2)9-13-10-27(11-13)21(30)15-6-12(3-4-17(15)24)5-14-8-25-20(29)18-7-16(22)19(23)28(14)18/h3-4,6-8,13H,5,9-11H2,1-2H3,(H,25,29). The molecule has 6 nitrogen and oxygen atoms in total. The van der Waals surface area contributed by atoms with Crippen molar-refractivity contribution in [1.82, 2.24) is 19.2 Å². The van der Waals surface area contributed by atoms with Crippen molar-refractivity contribution in [1.29, 1.82) is 0 Å². The van der Waals surface area contributed by atoms with Gasteiger partial charge >= 0.3 is 0 Å². The number of H-pyrrole nitrogens is 1. The van der Waals surface area contributed by atoms with Gasteiger partial charge in [0.2, 0.25) is 0 Å². The number of hydrogen-bond acceptors (Lipinski definition) is 3. The summed E-state index contributed by atoms with van der Waals surface area (Å²) in [5.41, 5.74) is 1.45. The van der Waals surface area contributed by atoms with Crippen molar-refractivity contribution < 1.29 is 9.18 Å². The van der Waals surface area contributed by atoms with Gasteiger partial charge in [0.25, 0.3) is 11.5 Å². The summed E-state index contributed by atoms with van der Waals surface area (Å²) in [4.78, 5) is 31.2.